The first-order valence-electron chi connectivity index (χ1n) is 7.05. The molecule has 5 nitrogen and oxygen atoms in total. The summed E-state index contributed by atoms with van der Waals surface area (Å²) in [5.41, 5.74) is 4.08. The summed E-state index contributed by atoms with van der Waals surface area (Å²) in [5, 5.41) is 0.959. The monoisotopic (exact) mass is 290 g/mol. The summed E-state index contributed by atoms with van der Waals surface area (Å²) in [5.74, 6) is 0. The summed E-state index contributed by atoms with van der Waals surface area (Å²) < 4.78 is 3.35. The maximum absolute atomic E-state index is 12.8. The second-order valence-electron chi connectivity index (χ2n) is 5.29. The third-order valence-corrected chi connectivity index (χ3v) is 4.01. The molecule has 0 saturated carbocycles. The molecule has 0 N–H and O–H groups in total. The van der Waals surface area contributed by atoms with E-state index in [-0.39, 0.29) is 5.69 Å². The summed E-state index contributed by atoms with van der Waals surface area (Å²) in [7, 11) is 1.77. The van der Waals surface area contributed by atoms with Gasteiger partial charge in [0.2, 0.25) is 0 Å². The molecule has 0 aliphatic heterocycles. The Hall–Kier alpha value is -2.95. The van der Waals surface area contributed by atoms with Crippen LogP contribution in [0.2, 0.25) is 0 Å². The van der Waals surface area contributed by atoms with E-state index >= 15 is 0 Å². The van der Waals surface area contributed by atoms with Gasteiger partial charge in [-0.2, -0.15) is 0 Å². The largest absolute Gasteiger partial charge is 0.333 e. The number of imidazole rings is 1. The van der Waals surface area contributed by atoms with Gasteiger partial charge < -0.3 is 0 Å². The van der Waals surface area contributed by atoms with Crippen LogP contribution in [0.4, 0.5) is 0 Å². The van der Waals surface area contributed by atoms with Crippen LogP contribution in [0.25, 0.3) is 27.6 Å². The molecule has 108 valence electrons. The van der Waals surface area contributed by atoms with Crippen LogP contribution in [0.5, 0.6) is 0 Å². The fourth-order valence-corrected chi connectivity index (χ4v) is 2.88. The molecule has 0 unspecified atom stereocenters. The van der Waals surface area contributed by atoms with Gasteiger partial charge in [-0.3, -0.25) is 19.1 Å². The minimum atomic E-state index is -0.0933. The lowest BCUT2D eigenvalue weighted by Crippen LogP contribution is -2.21. The molecule has 0 spiro atoms. The van der Waals surface area contributed by atoms with E-state index in [1.165, 1.54) is 0 Å². The molecule has 5 heteroatoms. The number of fused-ring (bicyclic) bond motifs is 3. The quantitative estimate of drug-likeness (QED) is 0.541. The topological polar surface area (TPSA) is 52.7 Å². The van der Waals surface area contributed by atoms with E-state index in [2.05, 4.69) is 9.97 Å². The van der Waals surface area contributed by atoms with Crippen molar-refractivity contribution in [2.45, 2.75) is 6.92 Å². The lowest BCUT2D eigenvalue weighted by molar-refractivity contribution is 0.840. The maximum atomic E-state index is 12.8. The molecule has 3 aromatic heterocycles. The molecule has 0 bridgehead atoms. The SMILES string of the molecule is Cc1ncccc1-n1c(=O)n(C)c2cnc3ccccc3c21. The minimum absolute atomic E-state index is 0.0933. The average molecular weight is 290 g/mol. The van der Waals surface area contributed by atoms with E-state index < -0.39 is 0 Å². The summed E-state index contributed by atoms with van der Waals surface area (Å²) in [4.78, 5) is 21.5. The fourth-order valence-electron chi connectivity index (χ4n) is 2.88. The summed E-state index contributed by atoms with van der Waals surface area (Å²) in [6, 6.07) is 11.6. The first-order chi connectivity index (χ1) is 10.7. The van der Waals surface area contributed by atoms with E-state index in [0.29, 0.717) is 0 Å². The Bertz CT molecular complexity index is 1080. The summed E-state index contributed by atoms with van der Waals surface area (Å²) in [6.07, 6.45) is 3.48. The average Bonchev–Trinajstić information content (AvgIpc) is 2.80. The number of benzene rings is 1. The van der Waals surface area contributed by atoms with Crippen LogP contribution in [0.3, 0.4) is 0 Å². The van der Waals surface area contributed by atoms with E-state index in [1.54, 1.807) is 28.6 Å². The maximum Gasteiger partial charge on any atom is 0.333 e. The number of aryl methyl sites for hydroxylation is 2. The molecule has 22 heavy (non-hydrogen) atoms. The molecule has 0 radical (unpaired) electrons. The van der Waals surface area contributed by atoms with Crippen molar-refractivity contribution >= 4 is 21.9 Å². The van der Waals surface area contributed by atoms with Gasteiger partial charge in [0.1, 0.15) is 0 Å². The zero-order valence-electron chi connectivity index (χ0n) is 12.3. The van der Waals surface area contributed by atoms with Gasteiger partial charge in [0.25, 0.3) is 0 Å². The number of pyridine rings is 2. The lowest BCUT2D eigenvalue weighted by atomic mass is 10.2. The Kier molecular flexibility index (Phi) is 2.63. The van der Waals surface area contributed by atoms with Crippen LogP contribution in [0, 0.1) is 6.92 Å². The first-order valence-corrected chi connectivity index (χ1v) is 7.05. The van der Waals surface area contributed by atoms with Crippen molar-refractivity contribution < 1.29 is 0 Å². The molecular formula is C17H14N4O. The Morgan fingerprint density at radius 2 is 1.86 bits per heavy atom. The Labute approximate surface area is 126 Å². The van der Waals surface area contributed by atoms with Gasteiger partial charge >= 0.3 is 5.69 Å². The zero-order chi connectivity index (χ0) is 15.3. The molecule has 0 fully saturated rings. The molecule has 0 atom stereocenters. The van der Waals surface area contributed by atoms with Gasteiger partial charge in [-0.25, -0.2) is 4.79 Å². The third kappa shape index (κ3) is 1.62. The van der Waals surface area contributed by atoms with Gasteiger partial charge in [0.15, 0.2) is 0 Å². The molecule has 1 aromatic carbocycles. The minimum Gasteiger partial charge on any atom is -0.293 e. The normalized spacial score (nSPS) is 11.4. The van der Waals surface area contributed by atoms with Crippen LogP contribution in [-0.4, -0.2) is 19.1 Å². The lowest BCUT2D eigenvalue weighted by Gasteiger charge is -2.07. The highest BCUT2D eigenvalue weighted by Crippen LogP contribution is 2.25. The van der Waals surface area contributed by atoms with Crippen molar-refractivity contribution in [3.63, 3.8) is 0 Å². The number of hydrogen-bond donors (Lipinski definition) is 0. The number of hydrogen-bond acceptors (Lipinski definition) is 3. The fraction of sp³-hybridized carbons (Fsp3) is 0.118. The molecule has 4 aromatic rings. The Morgan fingerprint density at radius 3 is 2.68 bits per heavy atom. The standard InChI is InChI=1S/C17H14N4O/c1-11-14(8-5-9-18-11)21-16-12-6-3-4-7-13(12)19-10-15(16)20(2)17(21)22/h3-10H,1-2H3. The van der Waals surface area contributed by atoms with Crippen LogP contribution in [0.1, 0.15) is 5.69 Å². The molecule has 0 aliphatic rings. The van der Waals surface area contributed by atoms with Crippen LogP contribution in [0.15, 0.2) is 53.6 Å². The summed E-state index contributed by atoms with van der Waals surface area (Å²) >= 11 is 0. The number of para-hydroxylation sites is 1. The smallest absolute Gasteiger partial charge is 0.293 e. The molecule has 3 heterocycles. The third-order valence-electron chi connectivity index (χ3n) is 4.01. The van der Waals surface area contributed by atoms with Crippen LogP contribution < -0.4 is 5.69 Å². The van der Waals surface area contributed by atoms with Crippen LogP contribution >= 0.6 is 0 Å². The predicted octanol–water partition coefficient (Wildman–Crippen LogP) is 2.58. The van der Waals surface area contributed by atoms with Gasteiger partial charge in [0, 0.05) is 18.6 Å². The number of nitrogens with zero attached hydrogens (tertiary/aromatic N) is 4. The van der Waals surface area contributed by atoms with Crippen molar-refractivity contribution in [1.82, 2.24) is 19.1 Å². The van der Waals surface area contributed by atoms with E-state index in [4.69, 9.17) is 0 Å². The van der Waals surface area contributed by atoms with Crippen molar-refractivity contribution in [3.8, 4) is 5.69 Å². The Morgan fingerprint density at radius 1 is 1.05 bits per heavy atom. The molecule has 0 saturated heterocycles. The zero-order valence-corrected chi connectivity index (χ0v) is 12.3. The van der Waals surface area contributed by atoms with Gasteiger partial charge in [-0.15, -0.1) is 0 Å². The van der Waals surface area contributed by atoms with Crippen molar-refractivity contribution in [1.29, 1.82) is 0 Å². The Balaban J connectivity index is 2.28. The molecule has 0 aliphatic carbocycles. The van der Waals surface area contributed by atoms with E-state index in [0.717, 1.165) is 33.3 Å². The number of aromatic nitrogens is 4. The second-order valence-corrected chi connectivity index (χ2v) is 5.29. The highest BCUT2D eigenvalue weighted by molar-refractivity contribution is 6.03. The number of rotatable bonds is 1. The second kappa shape index (κ2) is 4.53. The van der Waals surface area contributed by atoms with Crippen molar-refractivity contribution in [2.75, 3.05) is 0 Å². The van der Waals surface area contributed by atoms with E-state index in [1.807, 2.05) is 43.3 Å². The highest BCUT2D eigenvalue weighted by Gasteiger charge is 2.16. The predicted molar refractivity (Wildman–Crippen MR) is 86.3 cm³/mol. The van der Waals surface area contributed by atoms with Crippen molar-refractivity contribution in [3.05, 3.63) is 65.0 Å². The molecular weight excluding hydrogens is 276 g/mol. The highest BCUT2D eigenvalue weighted by atomic mass is 16.1. The molecule has 4 rings (SSSR count). The molecule has 0 amide bonds. The van der Waals surface area contributed by atoms with Crippen molar-refractivity contribution in [2.24, 2.45) is 7.05 Å². The van der Waals surface area contributed by atoms with Crippen LogP contribution in [-0.2, 0) is 7.05 Å². The van der Waals surface area contributed by atoms with Gasteiger partial charge in [0.05, 0.1) is 34.1 Å². The summed E-state index contributed by atoms with van der Waals surface area (Å²) in [6.45, 7) is 1.91. The van der Waals surface area contributed by atoms with E-state index in [9.17, 15) is 4.79 Å². The first kappa shape index (κ1) is 12.8. The van der Waals surface area contributed by atoms with Gasteiger partial charge in [-0.05, 0) is 25.1 Å². The van der Waals surface area contributed by atoms with Gasteiger partial charge in [-0.1, -0.05) is 18.2 Å².